The molecule has 2 rings (SSSR count). The first kappa shape index (κ1) is 14.3. The van der Waals surface area contributed by atoms with E-state index >= 15 is 0 Å². The van der Waals surface area contributed by atoms with Gasteiger partial charge in [-0.05, 0) is 50.6 Å². The first-order valence-corrected chi connectivity index (χ1v) is 5.71. The van der Waals surface area contributed by atoms with Gasteiger partial charge in [-0.3, -0.25) is 0 Å². The zero-order valence-corrected chi connectivity index (χ0v) is 11.3. The van der Waals surface area contributed by atoms with Crippen LogP contribution in [-0.4, -0.2) is 24.8 Å². The lowest BCUT2D eigenvalue weighted by Crippen LogP contribution is -2.31. The molecule has 0 bridgehead atoms. The van der Waals surface area contributed by atoms with Crippen molar-refractivity contribution >= 4 is 12.4 Å². The van der Waals surface area contributed by atoms with Crippen molar-refractivity contribution in [2.24, 2.45) is 0 Å². The number of rotatable bonds is 1. The molecule has 0 fully saturated rings. The molecule has 1 aliphatic heterocycles. The zero-order valence-electron chi connectivity index (χ0n) is 10.5. The van der Waals surface area contributed by atoms with Gasteiger partial charge in [0.05, 0.1) is 6.10 Å². The maximum atomic E-state index is 10.1. The number of benzene rings is 1. The van der Waals surface area contributed by atoms with Gasteiger partial charge in [-0.25, -0.2) is 0 Å². The number of likely N-dealkylation sites (N-methyl/N-ethyl adjacent to an activating group) is 1. The Labute approximate surface area is 109 Å². The third-order valence-corrected chi connectivity index (χ3v) is 3.34. The fourth-order valence-corrected chi connectivity index (χ4v) is 2.05. The zero-order chi connectivity index (χ0) is 11.7. The molecular formula is C13H20ClNO2. The maximum Gasteiger partial charge on any atom is 0.125 e. The Bertz CT molecular complexity index is 395. The summed E-state index contributed by atoms with van der Waals surface area (Å²) in [5.74, 6) is 0.827. The molecule has 0 aliphatic carbocycles. The van der Waals surface area contributed by atoms with Crippen LogP contribution in [0.5, 0.6) is 5.75 Å². The fourth-order valence-electron chi connectivity index (χ4n) is 2.05. The molecule has 0 radical (unpaired) electrons. The van der Waals surface area contributed by atoms with Crippen molar-refractivity contribution in [1.29, 1.82) is 0 Å². The first-order valence-electron chi connectivity index (χ1n) is 5.71. The van der Waals surface area contributed by atoms with Crippen molar-refractivity contribution in [2.75, 3.05) is 13.7 Å². The van der Waals surface area contributed by atoms with Crippen LogP contribution in [-0.2, 0) is 0 Å². The molecule has 3 nitrogen and oxygen atoms in total. The molecule has 2 atom stereocenters. The highest BCUT2D eigenvalue weighted by Crippen LogP contribution is 2.33. The second-order valence-corrected chi connectivity index (χ2v) is 4.52. The number of ether oxygens (including phenoxy) is 1. The monoisotopic (exact) mass is 257 g/mol. The third kappa shape index (κ3) is 2.92. The van der Waals surface area contributed by atoms with Crippen molar-refractivity contribution < 1.29 is 9.84 Å². The normalized spacial score (nSPS) is 23.1. The summed E-state index contributed by atoms with van der Waals surface area (Å²) in [6.45, 7) is 4.73. The summed E-state index contributed by atoms with van der Waals surface area (Å²) in [5, 5.41) is 13.3. The fraction of sp³-hybridized carbons (Fsp3) is 0.538. The molecule has 1 aromatic rings. The summed E-state index contributed by atoms with van der Waals surface area (Å²) >= 11 is 0. The Kier molecular flexibility index (Phi) is 4.80. The van der Waals surface area contributed by atoms with Crippen molar-refractivity contribution in [3.8, 4) is 5.75 Å². The minimum atomic E-state index is -0.436. The predicted molar refractivity (Wildman–Crippen MR) is 71.1 cm³/mol. The van der Waals surface area contributed by atoms with Gasteiger partial charge in [0.25, 0.3) is 0 Å². The molecule has 0 saturated carbocycles. The summed E-state index contributed by atoms with van der Waals surface area (Å²) in [6, 6.07) is 4.27. The van der Waals surface area contributed by atoms with Crippen LogP contribution in [0, 0.1) is 13.8 Å². The highest BCUT2D eigenvalue weighted by molar-refractivity contribution is 5.85. The van der Waals surface area contributed by atoms with Gasteiger partial charge in [-0.15, -0.1) is 12.4 Å². The first-order chi connectivity index (χ1) is 7.61. The molecule has 2 unspecified atom stereocenters. The summed E-state index contributed by atoms with van der Waals surface area (Å²) in [5.41, 5.74) is 3.32. The number of aryl methyl sites for hydroxylation is 2. The van der Waals surface area contributed by atoms with Crippen LogP contribution in [0.3, 0.4) is 0 Å². The van der Waals surface area contributed by atoms with Gasteiger partial charge in [-0.1, -0.05) is 0 Å². The van der Waals surface area contributed by atoms with E-state index in [1.807, 2.05) is 19.2 Å². The Morgan fingerprint density at radius 2 is 1.94 bits per heavy atom. The van der Waals surface area contributed by atoms with Crippen LogP contribution >= 0.6 is 12.4 Å². The molecule has 1 aromatic carbocycles. The number of fused-ring (bicyclic) bond motifs is 1. The molecule has 0 aromatic heterocycles. The van der Waals surface area contributed by atoms with Gasteiger partial charge >= 0.3 is 0 Å². The van der Waals surface area contributed by atoms with Gasteiger partial charge in [0.1, 0.15) is 12.4 Å². The van der Waals surface area contributed by atoms with E-state index in [0.717, 1.165) is 11.3 Å². The van der Waals surface area contributed by atoms with Gasteiger partial charge in [0.15, 0.2) is 0 Å². The molecular weight excluding hydrogens is 238 g/mol. The average molecular weight is 258 g/mol. The minimum absolute atomic E-state index is 0. The summed E-state index contributed by atoms with van der Waals surface area (Å²) in [7, 11) is 1.90. The van der Waals surface area contributed by atoms with Gasteiger partial charge in [0, 0.05) is 11.6 Å². The molecule has 1 heterocycles. The summed E-state index contributed by atoms with van der Waals surface area (Å²) in [4.78, 5) is 0. The number of aliphatic hydroxyl groups excluding tert-OH is 1. The molecule has 1 aliphatic rings. The lowest BCUT2D eigenvalue weighted by atomic mass is 9.98. The molecule has 0 amide bonds. The Hall–Kier alpha value is -0.770. The molecule has 96 valence electrons. The van der Waals surface area contributed by atoms with Crippen LogP contribution in [0.2, 0.25) is 0 Å². The third-order valence-electron chi connectivity index (χ3n) is 3.34. The van der Waals surface area contributed by atoms with E-state index in [2.05, 4.69) is 19.2 Å². The van der Waals surface area contributed by atoms with Crippen molar-refractivity contribution in [1.82, 2.24) is 5.32 Å². The van der Waals surface area contributed by atoms with E-state index in [0.29, 0.717) is 13.0 Å². The largest absolute Gasteiger partial charge is 0.492 e. The molecule has 0 saturated heterocycles. The predicted octanol–water partition coefficient (Wildman–Crippen LogP) is 2.13. The maximum absolute atomic E-state index is 10.1. The number of hydrogen-bond donors (Lipinski definition) is 2. The Morgan fingerprint density at radius 3 is 2.59 bits per heavy atom. The van der Waals surface area contributed by atoms with E-state index in [1.54, 1.807) is 0 Å². The minimum Gasteiger partial charge on any atom is -0.492 e. The van der Waals surface area contributed by atoms with E-state index in [1.165, 1.54) is 11.1 Å². The van der Waals surface area contributed by atoms with Crippen LogP contribution in [0.15, 0.2) is 12.1 Å². The van der Waals surface area contributed by atoms with Gasteiger partial charge in [0.2, 0.25) is 0 Å². The standard InChI is InChI=1S/C13H19NO2.ClH/c1-8-4-11-12(15)6-10(14-3)7-16-13(11)5-9(8)2;/h4-5,10,12,14-15H,6-7H2,1-3H3;1H. The molecule has 4 heteroatoms. The van der Waals surface area contributed by atoms with Crippen LogP contribution in [0.25, 0.3) is 0 Å². The second kappa shape index (κ2) is 5.71. The van der Waals surface area contributed by atoms with E-state index in [-0.39, 0.29) is 18.4 Å². The second-order valence-electron chi connectivity index (χ2n) is 4.52. The molecule has 0 spiro atoms. The van der Waals surface area contributed by atoms with Crippen molar-refractivity contribution in [3.05, 3.63) is 28.8 Å². The molecule has 17 heavy (non-hydrogen) atoms. The Morgan fingerprint density at radius 1 is 1.29 bits per heavy atom. The number of halogens is 1. The lowest BCUT2D eigenvalue weighted by molar-refractivity contribution is 0.153. The van der Waals surface area contributed by atoms with Crippen LogP contribution < -0.4 is 10.1 Å². The number of nitrogens with one attached hydrogen (secondary N) is 1. The number of aliphatic hydroxyl groups is 1. The van der Waals surface area contributed by atoms with Crippen molar-refractivity contribution in [2.45, 2.75) is 32.4 Å². The summed E-state index contributed by atoms with van der Waals surface area (Å²) in [6.07, 6.45) is 0.265. The smallest absolute Gasteiger partial charge is 0.125 e. The van der Waals surface area contributed by atoms with Gasteiger partial charge < -0.3 is 15.2 Å². The topological polar surface area (TPSA) is 41.5 Å². The summed E-state index contributed by atoms with van der Waals surface area (Å²) < 4.78 is 5.74. The van der Waals surface area contributed by atoms with Crippen LogP contribution in [0.4, 0.5) is 0 Å². The highest BCUT2D eigenvalue weighted by atomic mass is 35.5. The van der Waals surface area contributed by atoms with Crippen molar-refractivity contribution in [3.63, 3.8) is 0 Å². The van der Waals surface area contributed by atoms with Gasteiger partial charge in [-0.2, -0.15) is 0 Å². The van der Waals surface area contributed by atoms with E-state index in [4.69, 9.17) is 4.74 Å². The van der Waals surface area contributed by atoms with E-state index < -0.39 is 6.10 Å². The molecule has 2 N–H and O–H groups in total. The van der Waals surface area contributed by atoms with E-state index in [9.17, 15) is 5.11 Å². The average Bonchev–Trinajstić information content (AvgIpc) is 2.41. The highest BCUT2D eigenvalue weighted by Gasteiger charge is 2.23. The van der Waals surface area contributed by atoms with Crippen LogP contribution in [0.1, 0.15) is 29.2 Å². The SMILES string of the molecule is CNC1COc2cc(C)c(C)cc2C(O)C1.Cl. The Balaban J connectivity index is 0.00000144. The quantitative estimate of drug-likeness (QED) is 0.810. The number of hydrogen-bond acceptors (Lipinski definition) is 3. The lowest BCUT2D eigenvalue weighted by Gasteiger charge is -2.14.